The Bertz CT molecular complexity index is 610. The van der Waals surface area contributed by atoms with Gasteiger partial charge in [-0.2, -0.15) is 0 Å². The highest BCUT2D eigenvalue weighted by atomic mass is 16.5. The fraction of sp³-hybridized carbons (Fsp3) is 0.211. The zero-order valence-corrected chi connectivity index (χ0v) is 12.5. The summed E-state index contributed by atoms with van der Waals surface area (Å²) in [6.07, 6.45) is 1.65. The van der Waals surface area contributed by atoms with Crippen molar-refractivity contribution in [3.8, 4) is 16.9 Å². The molecular weight excluding hydrogens is 260 g/mol. The third-order valence-corrected chi connectivity index (χ3v) is 3.56. The van der Waals surface area contributed by atoms with Crippen LogP contribution in [-0.2, 0) is 4.79 Å². The molecule has 0 unspecified atom stereocenters. The molecule has 2 aromatic carbocycles. The van der Waals surface area contributed by atoms with Gasteiger partial charge in [-0.1, -0.05) is 48.5 Å². The molecule has 0 fully saturated rings. The van der Waals surface area contributed by atoms with E-state index in [4.69, 9.17) is 4.74 Å². The maximum atomic E-state index is 12.0. The molecule has 2 aromatic rings. The number of carbonyl (C=O) groups excluding carboxylic acids is 1. The van der Waals surface area contributed by atoms with Crippen molar-refractivity contribution in [1.29, 1.82) is 0 Å². The highest BCUT2D eigenvalue weighted by molar-refractivity contribution is 5.87. The van der Waals surface area contributed by atoms with E-state index in [-0.39, 0.29) is 12.4 Å². The van der Waals surface area contributed by atoms with Gasteiger partial charge in [-0.25, -0.2) is 0 Å². The molecule has 0 bridgehead atoms. The Kier molecular flexibility index (Phi) is 4.59. The lowest BCUT2D eigenvalue weighted by molar-refractivity contribution is -0.127. The molecule has 0 saturated carbocycles. The van der Waals surface area contributed by atoms with Gasteiger partial charge in [0, 0.05) is 5.41 Å². The van der Waals surface area contributed by atoms with Crippen molar-refractivity contribution in [2.24, 2.45) is 5.41 Å². The molecule has 2 nitrogen and oxygen atoms in total. The van der Waals surface area contributed by atoms with Crippen molar-refractivity contribution in [1.82, 2.24) is 0 Å². The molecule has 0 N–H and O–H groups in total. The Hall–Kier alpha value is -2.35. The number of hydrogen-bond donors (Lipinski definition) is 0. The van der Waals surface area contributed by atoms with Gasteiger partial charge in [0.25, 0.3) is 0 Å². The fourth-order valence-electron chi connectivity index (χ4n) is 1.82. The Balaban J connectivity index is 2.01. The Morgan fingerprint density at radius 3 is 2.19 bits per heavy atom. The molecule has 2 rings (SSSR count). The van der Waals surface area contributed by atoms with E-state index in [0.29, 0.717) is 5.75 Å². The number of benzene rings is 2. The molecule has 0 spiro atoms. The summed E-state index contributed by atoms with van der Waals surface area (Å²) in [5.74, 6) is 0.715. The number of ether oxygens (including phenoxy) is 1. The largest absolute Gasteiger partial charge is 0.486 e. The van der Waals surface area contributed by atoms with Crippen molar-refractivity contribution >= 4 is 5.78 Å². The van der Waals surface area contributed by atoms with Crippen LogP contribution in [0.5, 0.6) is 5.75 Å². The van der Waals surface area contributed by atoms with Crippen molar-refractivity contribution in [3.05, 3.63) is 67.3 Å². The van der Waals surface area contributed by atoms with E-state index < -0.39 is 5.41 Å². The van der Waals surface area contributed by atoms with E-state index in [1.54, 1.807) is 6.08 Å². The average molecular weight is 280 g/mol. The van der Waals surface area contributed by atoms with Crippen LogP contribution in [0.3, 0.4) is 0 Å². The summed E-state index contributed by atoms with van der Waals surface area (Å²) in [6.45, 7) is 7.41. The Morgan fingerprint density at radius 2 is 1.62 bits per heavy atom. The van der Waals surface area contributed by atoms with Gasteiger partial charge in [0.05, 0.1) is 0 Å². The quantitative estimate of drug-likeness (QED) is 0.727. The summed E-state index contributed by atoms with van der Waals surface area (Å²) in [4.78, 5) is 12.0. The molecule has 0 radical (unpaired) electrons. The standard InChI is InChI=1S/C19H20O2/c1-4-19(2,3)18(20)14-21-17-12-10-16(11-13-17)15-8-6-5-7-9-15/h4-13H,1,14H2,2-3H3. The van der Waals surface area contributed by atoms with Crippen LogP contribution in [0, 0.1) is 5.41 Å². The second-order valence-corrected chi connectivity index (χ2v) is 5.53. The summed E-state index contributed by atoms with van der Waals surface area (Å²) in [5.41, 5.74) is 1.73. The second kappa shape index (κ2) is 6.40. The van der Waals surface area contributed by atoms with Crippen LogP contribution in [0.1, 0.15) is 13.8 Å². The fourth-order valence-corrected chi connectivity index (χ4v) is 1.82. The lowest BCUT2D eigenvalue weighted by Gasteiger charge is -2.18. The van der Waals surface area contributed by atoms with Crippen LogP contribution >= 0.6 is 0 Å². The minimum atomic E-state index is -0.552. The van der Waals surface area contributed by atoms with Gasteiger partial charge in [0.2, 0.25) is 0 Å². The number of hydrogen-bond acceptors (Lipinski definition) is 2. The lowest BCUT2D eigenvalue weighted by atomic mass is 9.89. The molecule has 0 saturated heterocycles. The van der Waals surface area contributed by atoms with E-state index in [1.165, 1.54) is 0 Å². The average Bonchev–Trinajstić information content (AvgIpc) is 2.54. The first kappa shape index (κ1) is 15.0. The molecular formula is C19H20O2. The van der Waals surface area contributed by atoms with Gasteiger partial charge in [-0.05, 0) is 37.1 Å². The minimum Gasteiger partial charge on any atom is -0.486 e. The first-order valence-corrected chi connectivity index (χ1v) is 6.98. The van der Waals surface area contributed by atoms with Crippen LogP contribution in [0.15, 0.2) is 67.3 Å². The Morgan fingerprint density at radius 1 is 1.05 bits per heavy atom. The number of rotatable bonds is 6. The van der Waals surface area contributed by atoms with E-state index in [1.807, 2.05) is 56.3 Å². The third kappa shape index (κ3) is 3.82. The smallest absolute Gasteiger partial charge is 0.179 e. The van der Waals surface area contributed by atoms with E-state index >= 15 is 0 Å². The number of allylic oxidation sites excluding steroid dienone is 1. The molecule has 0 aliphatic rings. The van der Waals surface area contributed by atoms with Gasteiger partial charge in [0.1, 0.15) is 12.4 Å². The second-order valence-electron chi connectivity index (χ2n) is 5.53. The molecule has 0 aliphatic carbocycles. The summed E-state index contributed by atoms with van der Waals surface area (Å²) in [7, 11) is 0. The van der Waals surface area contributed by atoms with Gasteiger partial charge >= 0.3 is 0 Å². The number of Topliss-reactive ketones (excluding diaryl/α,β-unsaturated/α-hetero) is 1. The lowest BCUT2D eigenvalue weighted by Crippen LogP contribution is -2.27. The summed E-state index contributed by atoms with van der Waals surface area (Å²) >= 11 is 0. The topological polar surface area (TPSA) is 26.3 Å². The predicted molar refractivity (Wildman–Crippen MR) is 86.4 cm³/mol. The Labute approximate surface area is 126 Å². The molecule has 0 heterocycles. The van der Waals surface area contributed by atoms with Crippen molar-refractivity contribution in [3.63, 3.8) is 0 Å². The van der Waals surface area contributed by atoms with Gasteiger partial charge in [-0.3, -0.25) is 4.79 Å². The molecule has 21 heavy (non-hydrogen) atoms. The molecule has 0 amide bonds. The van der Waals surface area contributed by atoms with Crippen LogP contribution in [0.2, 0.25) is 0 Å². The number of ketones is 1. The number of carbonyl (C=O) groups is 1. The van der Waals surface area contributed by atoms with E-state index in [2.05, 4.69) is 18.7 Å². The predicted octanol–water partition coefficient (Wildman–Crippen LogP) is 4.51. The zero-order valence-electron chi connectivity index (χ0n) is 12.5. The summed E-state index contributed by atoms with van der Waals surface area (Å²) < 4.78 is 5.55. The van der Waals surface area contributed by atoms with Crippen LogP contribution in [0.25, 0.3) is 11.1 Å². The molecule has 0 aliphatic heterocycles. The summed E-state index contributed by atoms with van der Waals surface area (Å²) in [5, 5.41) is 0. The molecule has 0 aromatic heterocycles. The SMILES string of the molecule is C=CC(C)(C)C(=O)COc1ccc(-c2ccccc2)cc1. The van der Waals surface area contributed by atoms with Crippen molar-refractivity contribution < 1.29 is 9.53 Å². The molecule has 2 heteroatoms. The first-order chi connectivity index (χ1) is 10.0. The van der Waals surface area contributed by atoms with E-state index in [0.717, 1.165) is 11.1 Å². The monoisotopic (exact) mass is 280 g/mol. The van der Waals surface area contributed by atoms with Crippen LogP contribution in [0.4, 0.5) is 0 Å². The van der Waals surface area contributed by atoms with Crippen molar-refractivity contribution in [2.75, 3.05) is 6.61 Å². The normalized spacial score (nSPS) is 11.0. The zero-order chi connectivity index (χ0) is 15.3. The highest BCUT2D eigenvalue weighted by Gasteiger charge is 2.23. The summed E-state index contributed by atoms with van der Waals surface area (Å²) in [6, 6.07) is 17.9. The minimum absolute atomic E-state index is 0.0182. The van der Waals surface area contributed by atoms with E-state index in [9.17, 15) is 4.79 Å². The maximum absolute atomic E-state index is 12.0. The third-order valence-electron chi connectivity index (χ3n) is 3.56. The van der Waals surface area contributed by atoms with Gasteiger partial charge in [0.15, 0.2) is 5.78 Å². The van der Waals surface area contributed by atoms with Gasteiger partial charge < -0.3 is 4.74 Å². The molecule has 0 atom stereocenters. The first-order valence-electron chi connectivity index (χ1n) is 6.98. The molecule has 108 valence electrons. The van der Waals surface area contributed by atoms with Crippen LogP contribution in [-0.4, -0.2) is 12.4 Å². The van der Waals surface area contributed by atoms with Crippen LogP contribution < -0.4 is 4.74 Å². The van der Waals surface area contributed by atoms with Crippen molar-refractivity contribution in [2.45, 2.75) is 13.8 Å². The maximum Gasteiger partial charge on any atom is 0.179 e. The van der Waals surface area contributed by atoms with Gasteiger partial charge in [-0.15, -0.1) is 6.58 Å². The highest BCUT2D eigenvalue weighted by Crippen LogP contribution is 2.23.